The second kappa shape index (κ2) is 11.8. The van der Waals surface area contributed by atoms with E-state index in [2.05, 4.69) is 31.2 Å². The summed E-state index contributed by atoms with van der Waals surface area (Å²) < 4.78 is 19.7. The van der Waals surface area contributed by atoms with Crippen molar-refractivity contribution >= 4 is 29.1 Å². The molecular weight excluding hydrogens is 465 g/mol. The van der Waals surface area contributed by atoms with E-state index < -0.39 is 12.2 Å². The molecule has 2 atom stereocenters. The number of carbonyl (C=O) groups is 2. The van der Waals surface area contributed by atoms with Crippen LogP contribution in [0.25, 0.3) is 0 Å². The normalized spacial score (nSPS) is 23.7. The van der Waals surface area contributed by atoms with Gasteiger partial charge in [0.25, 0.3) is 5.91 Å². The lowest BCUT2D eigenvalue weighted by Crippen LogP contribution is -2.43. The number of ether oxygens (including phenoxy) is 1. The van der Waals surface area contributed by atoms with E-state index in [9.17, 15) is 14.0 Å². The second-order valence-corrected chi connectivity index (χ2v) is 9.14. The van der Waals surface area contributed by atoms with Gasteiger partial charge in [0, 0.05) is 44.1 Å². The van der Waals surface area contributed by atoms with Crippen LogP contribution >= 0.6 is 0 Å². The quantitative estimate of drug-likeness (QED) is 0.460. The topological polar surface area (TPSA) is 141 Å². The van der Waals surface area contributed by atoms with E-state index >= 15 is 0 Å². The number of pyridine rings is 2. The third kappa shape index (κ3) is 6.66. The SMILES string of the molecule is CC(=O)NC1CCC(NC(=O)c2cnc(Nc3ccc(C#N)cn3)cc2NC2CCOCC2F)CC1. The Balaban J connectivity index is 1.49. The molecule has 11 heteroatoms. The fraction of sp³-hybridized carbons (Fsp3) is 0.480. The van der Waals surface area contributed by atoms with Gasteiger partial charge in [-0.05, 0) is 44.2 Å². The van der Waals surface area contributed by atoms with Crippen LogP contribution in [-0.4, -0.2) is 59.3 Å². The number of alkyl halides is 1. The number of hydrogen-bond donors (Lipinski definition) is 4. The molecule has 1 aliphatic heterocycles. The Morgan fingerprint density at radius 2 is 1.78 bits per heavy atom. The molecule has 2 aliphatic rings. The largest absolute Gasteiger partial charge is 0.378 e. The van der Waals surface area contributed by atoms with Crippen LogP contribution in [-0.2, 0) is 9.53 Å². The maximum Gasteiger partial charge on any atom is 0.255 e. The van der Waals surface area contributed by atoms with E-state index in [1.54, 1.807) is 18.2 Å². The summed E-state index contributed by atoms with van der Waals surface area (Å²) >= 11 is 0. The fourth-order valence-corrected chi connectivity index (χ4v) is 4.49. The number of carbonyl (C=O) groups excluding carboxylic acids is 2. The fourth-order valence-electron chi connectivity index (χ4n) is 4.49. The van der Waals surface area contributed by atoms with E-state index in [0.29, 0.717) is 41.5 Å². The van der Waals surface area contributed by atoms with Crippen molar-refractivity contribution in [2.75, 3.05) is 23.8 Å². The monoisotopic (exact) mass is 495 g/mol. The number of amides is 2. The summed E-state index contributed by atoms with van der Waals surface area (Å²) in [5, 5.41) is 21.2. The molecule has 2 fully saturated rings. The van der Waals surface area contributed by atoms with Gasteiger partial charge in [-0.1, -0.05) is 0 Å². The summed E-state index contributed by atoms with van der Waals surface area (Å²) in [7, 11) is 0. The molecule has 190 valence electrons. The molecule has 4 N–H and O–H groups in total. The minimum Gasteiger partial charge on any atom is -0.378 e. The zero-order valence-corrected chi connectivity index (χ0v) is 20.1. The summed E-state index contributed by atoms with van der Waals surface area (Å²) in [5.41, 5.74) is 1.21. The van der Waals surface area contributed by atoms with Gasteiger partial charge in [0.2, 0.25) is 5.91 Å². The molecule has 2 amide bonds. The average Bonchev–Trinajstić information content (AvgIpc) is 2.87. The van der Waals surface area contributed by atoms with E-state index in [4.69, 9.17) is 10.00 Å². The van der Waals surface area contributed by atoms with Crippen molar-refractivity contribution in [3.63, 3.8) is 0 Å². The summed E-state index contributed by atoms with van der Waals surface area (Å²) in [5.74, 6) is 0.562. The molecule has 36 heavy (non-hydrogen) atoms. The van der Waals surface area contributed by atoms with Crippen LogP contribution in [0.5, 0.6) is 0 Å². The van der Waals surface area contributed by atoms with Crippen molar-refractivity contribution in [1.82, 2.24) is 20.6 Å². The Labute approximate surface area is 209 Å². The predicted molar refractivity (Wildman–Crippen MR) is 132 cm³/mol. The van der Waals surface area contributed by atoms with Crippen molar-refractivity contribution in [3.8, 4) is 6.07 Å². The molecule has 3 heterocycles. The van der Waals surface area contributed by atoms with Gasteiger partial charge in [-0.2, -0.15) is 5.26 Å². The maximum absolute atomic E-state index is 14.5. The zero-order valence-electron chi connectivity index (χ0n) is 20.1. The highest BCUT2D eigenvalue weighted by molar-refractivity contribution is 6.00. The Morgan fingerprint density at radius 1 is 1.06 bits per heavy atom. The minimum atomic E-state index is -1.21. The van der Waals surface area contributed by atoms with Crippen molar-refractivity contribution in [2.24, 2.45) is 0 Å². The Morgan fingerprint density at radius 3 is 2.42 bits per heavy atom. The Kier molecular flexibility index (Phi) is 8.28. The molecule has 0 aromatic carbocycles. The third-order valence-corrected chi connectivity index (χ3v) is 6.39. The van der Waals surface area contributed by atoms with Gasteiger partial charge < -0.3 is 26.0 Å². The highest BCUT2D eigenvalue weighted by Crippen LogP contribution is 2.26. The van der Waals surface area contributed by atoms with Crippen LogP contribution in [0, 0.1) is 11.3 Å². The van der Waals surface area contributed by atoms with Gasteiger partial charge in [-0.25, -0.2) is 14.4 Å². The smallest absolute Gasteiger partial charge is 0.255 e. The van der Waals surface area contributed by atoms with Crippen molar-refractivity contribution in [2.45, 2.75) is 63.3 Å². The minimum absolute atomic E-state index is 0.00207. The number of halogens is 1. The average molecular weight is 496 g/mol. The lowest BCUT2D eigenvalue weighted by molar-refractivity contribution is -0.119. The summed E-state index contributed by atoms with van der Waals surface area (Å²) in [6.45, 7) is 1.94. The first kappa shape index (κ1) is 25.3. The summed E-state index contributed by atoms with van der Waals surface area (Å²) in [4.78, 5) is 33.1. The lowest BCUT2D eigenvalue weighted by atomic mass is 9.91. The molecule has 0 radical (unpaired) electrons. The van der Waals surface area contributed by atoms with Crippen LogP contribution < -0.4 is 21.3 Å². The number of nitrogens with one attached hydrogen (secondary N) is 4. The van der Waals surface area contributed by atoms with Gasteiger partial charge in [0.1, 0.15) is 23.9 Å². The standard InChI is InChI=1S/C25H30FN7O3/c1-15(34)30-17-3-5-18(6-4-17)31-25(35)19-13-29-24(33-23-7-2-16(11-27)12-28-23)10-22(19)32-21-8-9-36-14-20(21)26/h2,7,10,12-13,17-18,20-21H,3-6,8-9,14H2,1H3,(H,30,34)(H,31,35)(H2,28,29,32,33). The molecule has 10 nitrogen and oxygen atoms in total. The number of aromatic nitrogens is 2. The van der Waals surface area contributed by atoms with Gasteiger partial charge in [0.05, 0.1) is 29.5 Å². The van der Waals surface area contributed by atoms with E-state index in [1.807, 2.05) is 6.07 Å². The van der Waals surface area contributed by atoms with E-state index in [1.165, 1.54) is 19.3 Å². The number of nitrogens with zero attached hydrogens (tertiary/aromatic N) is 3. The number of rotatable bonds is 7. The molecule has 4 rings (SSSR count). The molecule has 2 aromatic rings. The summed E-state index contributed by atoms with van der Waals surface area (Å²) in [6, 6.07) is 6.57. The molecule has 2 unspecified atom stereocenters. The van der Waals surface area contributed by atoms with Crippen molar-refractivity contribution in [1.29, 1.82) is 5.26 Å². The van der Waals surface area contributed by atoms with Crippen molar-refractivity contribution < 1.29 is 18.7 Å². The van der Waals surface area contributed by atoms with E-state index in [0.717, 1.165) is 25.7 Å². The van der Waals surface area contributed by atoms with Crippen LogP contribution in [0.1, 0.15) is 54.9 Å². The Hall–Kier alpha value is -3.78. The predicted octanol–water partition coefficient (Wildman–Crippen LogP) is 2.81. The Bertz CT molecular complexity index is 1110. The molecule has 1 saturated heterocycles. The van der Waals surface area contributed by atoms with Crippen LogP contribution in [0.2, 0.25) is 0 Å². The molecule has 1 saturated carbocycles. The molecule has 0 spiro atoms. The van der Waals surface area contributed by atoms with Crippen molar-refractivity contribution in [3.05, 3.63) is 41.7 Å². The molecule has 2 aromatic heterocycles. The highest BCUT2D eigenvalue weighted by atomic mass is 19.1. The van der Waals surface area contributed by atoms with Gasteiger partial charge >= 0.3 is 0 Å². The molecule has 1 aliphatic carbocycles. The zero-order chi connectivity index (χ0) is 25.5. The first-order chi connectivity index (χ1) is 17.4. The first-order valence-electron chi connectivity index (χ1n) is 12.1. The second-order valence-electron chi connectivity index (χ2n) is 9.14. The summed E-state index contributed by atoms with van der Waals surface area (Å²) in [6.07, 6.45) is 5.26. The highest BCUT2D eigenvalue weighted by Gasteiger charge is 2.28. The van der Waals surface area contributed by atoms with Gasteiger partial charge in [-0.15, -0.1) is 0 Å². The van der Waals surface area contributed by atoms with E-state index in [-0.39, 0.29) is 30.5 Å². The third-order valence-electron chi connectivity index (χ3n) is 6.39. The molecular formula is C25H30FN7O3. The van der Waals surface area contributed by atoms with Crippen LogP contribution in [0.15, 0.2) is 30.6 Å². The maximum atomic E-state index is 14.5. The molecule has 0 bridgehead atoms. The number of anilines is 3. The number of nitriles is 1. The van der Waals surface area contributed by atoms with Crippen LogP contribution in [0.3, 0.4) is 0 Å². The number of hydrogen-bond acceptors (Lipinski definition) is 8. The van der Waals surface area contributed by atoms with Gasteiger partial charge in [-0.3, -0.25) is 9.59 Å². The first-order valence-corrected chi connectivity index (χ1v) is 12.1. The lowest BCUT2D eigenvalue weighted by Gasteiger charge is -2.30. The van der Waals surface area contributed by atoms with Gasteiger partial charge in [0.15, 0.2) is 0 Å². The van der Waals surface area contributed by atoms with Crippen LogP contribution in [0.4, 0.5) is 21.7 Å².